The van der Waals surface area contributed by atoms with Gasteiger partial charge in [0.25, 0.3) is 12.3 Å². The summed E-state index contributed by atoms with van der Waals surface area (Å²) in [7, 11) is 0. The summed E-state index contributed by atoms with van der Waals surface area (Å²) in [5.41, 5.74) is 2.02. The Bertz CT molecular complexity index is 2200. The van der Waals surface area contributed by atoms with Crippen LogP contribution in [0.25, 0.3) is 22.3 Å². The molecule has 2 saturated carbocycles. The molecule has 0 bridgehead atoms. The SMILES string of the molecule is CC(C)n1cnc2cc(-c3cnc4c(c3)N([C@H]3C[C@@](C)(N5CCCC6(CC6)C5)C3)C(=O)C4(C)C)nc(Nc3cc(C(=O)NCC(F)F)c(Cl)c(F)c3F)c21. The van der Waals surface area contributed by atoms with Crippen LogP contribution in [-0.4, -0.2) is 73.9 Å². The van der Waals surface area contributed by atoms with Gasteiger partial charge >= 0.3 is 0 Å². The molecule has 4 aromatic rings. The molecule has 1 spiro atoms. The molecule has 4 aliphatic rings. The van der Waals surface area contributed by atoms with Gasteiger partial charge < -0.3 is 20.1 Å². The Labute approximate surface area is 315 Å². The van der Waals surface area contributed by atoms with Crippen molar-refractivity contribution in [1.29, 1.82) is 0 Å². The number of imidazole rings is 1. The minimum atomic E-state index is -2.86. The molecule has 0 unspecified atom stereocenters. The van der Waals surface area contributed by atoms with E-state index in [9.17, 15) is 18.4 Å². The van der Waals surface area contributed by atoms with E-state index in [0.717, 1.165) is 37.7 Å². The third kappa shape index (κ3) is 6.00. The van der Waals surface area contributed by atoms with Crippen LogP contribution in [0.3, 0.4) is 0 Å². The number of benzene rings is 1. The van der Waals surface area contributed by atoms with Gasteiger partial charge in [0, 0.05) is 35.9 Å². The monoisotopic (exact) mass is 766 g/mol. The highest BCUT2D eigenvalue weighted by atomic mass is 35.5. The number of hydrogen-bond donors (Lipinski definition) is 2. The fraction of sp³-hybridized carbons (Fsp3) is 0.513. The fourth-order valence-corrected chi connectivity index (χ4v) is 8.95. The number of nitrogens with one attached hydrogen (secondary N) is 2. The average Bonchev–Trinajstić information content (AvgIpc) is 3.64. The van der Waals surface area contributed by atoms with Crippen molar-refractivity contribution in [3.05, 3.63) is 58.6 Å². The third-order valence-electron chi connectivity index (χ3n) is 12.0. The van der Waals surface area contributed by atoms with Crippen molar-refractivity contribution >= 4 is 51.6 Å². The highest BCUT2D eigenvalue weighted by Crippen LogP contribution is 2.56. The lowest BCUT2D eigenvalue weighted by Crippen LogP contribution is -2.64. The van der Waals surface area contributed by atoms with Crippen LogP contribution in [-0.2, 0) is 10.2 Å². The molecule has 1 saturated heterocycles. The summed E-state index contributed by atoms with van der Waals surface area (Å²) in [6.07, 6.45) is 7.28. The van der Waals surface area contributed by atoms with Crippen molar-refractivity contribution in [3.63, 3.8) is 0 Å². The topological polar surface area (TPSA) is 108 Å². The van der Waals surface area contributed by atoms with Crippen LogP contribution in [0.15, 0.2) is 30.7 Å². The Morgan fingerprint density at radius 2 is 1.80 bits per heavy atom. The summed E-state index contributed by atoms with van der Waals surface area (Å²) < 4.78 is 58.0. The van der Waals surface area contributed by atoms with Gasteiger partial charge in [-0.05, 0) is 103 Å². The molecule has 8 rings (SSSR count). The first-order chi connectivity index (χ1) is 25.5. The second-order valence-electron chi connectivity index (χ2n) is 16.6. The first-order valence-corrected chi connectivity index (χ1v) is 18.9. The van der Waals surface area contributed by atoms with E-state index in [-0.39, 0.29) is 29.3 Å². The molecule has 2 aliphatic heterocycles. The van der Waals surface area contributed by atoms with Crippen LogP contribution in [0, 0.1) is 17.0 Å². The largest absolute Gasteiger partial charge is 0.346 e. The van der Waals surface area contributed by atoms with Crippen LogP contribution < -0.4 is 15.5 Å². The van der Waals surface area contributed by atoms with Crippen LogP contribution >= 0.6 is 11.6 Å². The molecule has 2 amide bonds. The van der Waals surface area contributed by atoms with Crippen LogP contribution in [0.2, 0.25) is 5.02 Å². The maximum absolute atomic E-state index is 15.5. The summed E-state index contributed by atoms with van der Waals surface area (Å²) in [6.45, 7) is 11.2. The van der Waals surface area contributed by atoms with Crippen molar-refractivity contribution in [1.82, 2.24) is 29.7 Å². The van der Waals surface area contributed by atoms with Crippen molar-refractivity contribution in [2.75, 3.05) is 29.9 Å². The summed E-state index contributed by atoms with van der Waals surface area (Å²) >= 11 is 5.97. The maximum atomic E-state index is 15.5. The van der Waals surface area contributed by atoms with E-state index in [1.54, 1.807) is 23.2 Å². The number of nitrogens with zero attached hydrogens (tertiary/aromatic N) is 6. The van der Waals surface area contributed by atoms with Gasteiger partial charge in [-0.2, -0.15) is 0 Å². The highest BCUT2D eigenvalue weighted by Gasteiger charge is 2.57. The number of halogens is 5. The molecule has 2 aliphatic carbocycles. The molecule has 10 nitrogen and oxygen atoms in total. The number of fused-ring (bicyclic) bond motifs is 2. The molecule has 15 heteroatoms. The van der Waals surface area contributed by atoms with Gasteiger partial charge in [-0.15, -0.1) is 0 Å². The van der Waals surface area contributed by atoms with E-state index in [0.29, 0.717) is 33.4 Å². The molecule has 3 aromatic heterocycles. The second kappa shape index (κ2) is 12.9. The van der Waals surface area contributed by atoms with Gasteiger partial charge in [-0.25, -0.2) is 27.5 Å². The van der Waals surface area contributed by atoms with E-state index < -0.39 is 52.2 Å². The minimum Gasteiger partial charge on any atom is -0.346 e. The number of amides is 2. The third-order valence-corrected chi connectivity index (χ3v) is 12.4. The number of carbonyl (C=O) groups is 2. The number of carbonyl (C=O) groups excluding carboxylic acids is 2. The lowest BCUT2D eigenvalue weighted by molar-refractivity contribution is -0.124. The molecule has 2 N–H and O–H groups in total. The van der Waals surface area contributed by atoms with E-state index in [2.05, 4.69) is 22.1 Å². The molecule has 0 atom stereocenters. The number of anilines is 3. The lowest BCUT2D eigenvalue weighted by atomic mass is 9.70. The van der Waals surface area contributed by atoms with Gasteiger partial charge in [-0.3, -0.25) is 19.5 Å². The summed E-state index contributed by atoms with van der Waals surface area (Å²) in [6, 6.07) is 4.54. The van der Waals surface area contributed by atoms with Crippen LogP contribution in [0.1, 0.15) is 95.2 Å². The summed E-state index contributed by atoms with van der Waals surface area (Å²) in [5.74, 6) is -3.92. The van der Waals surface area contributed by atoms with Crippen molar-refractivity contribution in [2.24, 2.45) is 5.41 Å². The Morgan fingerprint density at radius 1 is 1.06 bits per heavy atom. The Kier molecular flexibility index (Phi) is 8.76. The number of hydrogen-bond acceptors (Lipinski definition) is 7. The van der Waals surface area contributed by atoms with E-state index in [4.69, 9.17) is 21.6 Å². The van der Waals surface area contributed by atoms with E-state index >= 15 is 8.78 Å². The average molecular weight is 767 g/mol. The maximum Gasteiger partial charge on any atom is 0.255 e. The Hall–Kier alpha value is -4.30. The summed E-state index contributed by atoms with van der Waals surface area (Å²) in [5, 5.41) is 3.97. The minimum absolute atomic E-state index is 0.00146. The van der Waals surface area contributed by atoms with Crippen LogP contribution in [0.5, 0.6) is 0 Å². The number of piperidine rings is 1. The molecule has 5 heterocycles. The van der Waals surface area contributed by atoms with E-state index in [1.807, 2.05) is 44.0 Å². The number of aromatic nitrogens is 4. The standard InChI is InChI=1S/C39H43ClF4N8O2/c1-20(2)51-19-47-26-13-24(48-34(32(26)51)49-25-12-23(29(40)31(44)30(25)43)35(53)46-17-28(41)42)21-11-27-33(45-16-21)37(3,4)36(54)52(27)22-14-38(5,15-22)50-10-6-7-39(18-50)8-9-39/h11-13,16,19-20,22,28H,6-10,14-15,17-18H2,1-5H3,(H,46,53)(H,48,49)/t22-,38+. The molecule has 286 valence electrons. The highest BCUT2D eigenvalue weighted by molar-refractivity contribution is 6.34. The van der Waals surface area contributed by atoms with Crippen molar-refractivity contribution < 1.29 is 27.2 Å². The number of rotatable bonds is 9. The quantitative estimate of drug-likeness (QED) is 0.131. The Balaban J connectivity index is 1.16. The first-order valence-electron chi connectivity index (χ1n) is 18.5. The molecule has 1 aromatic carbocycles. The number of likely N-dealkylation sites (tertiary alicyclic amines) is 1. The molecule has 0 radical (unpaired) electrons. The predicted molar refractivity (Wildman–Crippen MR) is 199 cm³/mol. The van der Waals surface area contributed by atoms with Gasteiger partial charge in [0.15, 0.2) is 17.5 Å². The predicted octanol–water partition coefficient (Wildman–Crippen LogP) is 8.17. The van der Waals surface area contributed by atoms with Gasteiger partial charge in [0.2, 0.25) is 5.91 Å². The zero-order valence-corrected chi connectivity index (χ0v) is 31.6. The van der Waals surface area contributed by atoms with Crippen LogP contribution in [0.4, 0.5) is 34.8 Å². The number of alkyl halides is 2. The van der Waals surface area contributed by atoms with Gasteiger partial charge in [0.1, 0.15) is 5.52 Å². The Morgan fingerprint density at radius 3 is 2.48 bits per heavy atom. The zero-order valence-electron chi connectivity index (χ0n) is 30.9. The lowest BCUT2D eigenvalue weighted by Gasteiger charge is -2.56. The second-order valence-corrected chi connectivity index (χ2v) is 17.0. The van der Waals surface area contributed by atoms with Gasteiger partial charge in [0.05, 0.1) is 57.2 Å². The van der Waals surface area contributed by atoms with Crippen molar-refractivity contribution in [3.8, 4) is 11.3 Å². The van der Waals surface area contributed by atoms with Crippen molar-refractivity contribution in [2.45, 2.75) is 103 Å². The molecular formula is C39H43ClF4N8O2. The first kappa shape index (κ1) is 36.7. The normalized spacial score (nSPS) is 23.0. The molecule has 54 heavy (non-hydrogen) atoms. The van der Waals surface area contributed by atoms with E-state index in [1.165, 1.54) is 25.7 Å². The number of pyridine rings is 2. The molecule has 3 fully saturated rings. The smallest absolute Gasteiger partial charge is 0.255 e. The summed E-state index contributed by atoms with van der Waals surface area (Å²) in [4.78, 5) is 45.6. The fourth-order valence-electron chi connectivity index (χ4n) is 8.72. The van der Waals surface area contributed by atoms with Gasteiger partial charge in [-0.1, -0.05) is 11.6 Å². The molecular weight excluding hydrogens is 724 g/mol. The zero-order chi connectivity index (χ0) is 38.5.